The van der Waals surface area contributed by atoms with Crippen LogP contribution in [0.5, 0.6) is 0 Å². The molecule has 1 heterocycles. The third-order valence-electron chi connectivity index (χ3n) is 2.57. The summed E-state index contributed by atoms with van der Waals surface area (Å²) in [5.74, 6) is -0.500. The van der Waals surface area contributed by atoms with Crippen LogP contribution in [0.15, 0.2) is 18.5 Å². The zero-order valence-corrected chi connectivity index (χ0v) is 7.68. The van der Waals surface area contributed by atoms with Crippen molar-refractivity contribution in [2.24, 2.45) is 11.7 Å². The standard InChI is InChI=1S/C10H12N2O2/c11-9(6-1-2-6)7-3-4-12-5-8(7)10(13)14/h3-6,9H,1-2,11H2,(H,13,14)/t9-/m1/s1. The van der Waals surface area contributed by atoms with E-state index in [-0.39, 0.29) is 11.6 Å². The van der Waals surface area contributed by atoms with Gasteiger partial charge in [0.05, 0.1) is 5.56 Å². The summed E-state index contributed by atoms with van der Waals surface area (Å²) in [6.07, 6.45) is 5.15. The summed E-state index contributed by atoms with van der Waals surface area (Å²) in [6.45, 7) is 0. The van der Waals surface area contributed by atoms with E-state index in [1.807, 2.05) is 0 Å². The number of carbonyl (C=O) groups is 1. The van der Waals surface area contributed by atoms with Gasteiger partial charge in [0.1, 0.15) is 0 Å². The number of hydrogen-bond acceptors (Lipinski definition) is 3. The molecule has 4 nitrogen and oxygen atoms in total. The minimum absolute atomic E-state index is 0.149. The number of hydrogen-bond donors (Lipinski definition) is 2. The predicted molar refractivity (Wildman–Crippen MR) is 50.8 cm³/mol. The van der Waals surface area contributed by atoms with Crippen molar-refractivity contribution in [1.29, 1.82) is 0 Å². The van der Waals surface area contributed by atoms with Crippen molar-refractivity contribution < 1.29 is 9.90 Å². The summed E-state index contributed by atoms with van der Waals surface area (Å²) in [4.78, 5) is 14.7. The van der Waals surface area contributed by atoms with Gasteiger partial charge >= 0.3 is 5.97 Å². The van der Waals surface area contributed by atoms with Gasteiger partial charge in [-0.2, -0.15) is 0 Å². The van der Waals surface area contributed by atoms with Gasteiger partial charge in [-0.15, -0.1) is 0 Å². The number of carboxylic acids is 1. The van der Waals surface area contributed by atoms with Crippen molar-refractivity contribution in [3.63, 3.8) is 0 Å². The quantitative estimate of drug-likeness (QED) is 0.754. The molecule has 0 amide bonds. The summed E-state index contributed by atoms with van der Waals surface area (Å²) in [6, 6.07) is 1.55. The average Bonchev–Trinajstić information content (AvgIpc) is 3.00. The van der Waals surface area contributed by atoms with Crippen molar-refractivity contribution in [3.05, 3.63) is 29.6 Å². The second-order valence-corrected chi connectivity index (χ2v) is 3.63. The van der Waals surface area contributed by atoms with Gasteiger partial charge in [0.15, 0.2) is 0 Å². The first-order valence-corrected chi connectivity index (χ1v) is 4.63. The largest absolute Gasteiger partial charge is 0.478 e. The highest BCUT2D eigenvalue weighted by Gasteiger charge is 2.31. The molecule has 0 unspecified atom stereocenters. The molecule has 2 rings (SSSR count). The van der Waals surface area contributed by atoms with Gasteiger partial charge in [0.2, 0.25) is 0 Å². The fourth-order valence-electron chi connectivity index (χ4n) is 1.58. The highest BCUT2D eigenvalue weighted by Crippen LogP contribution is 2.40. The van der Waals surface area contributed by atoms with Gasteiger partial charge in [0.25, 0.3) is 0 Å². The van der Waals surface area contributed by atoms with Crippen LogP contribution in [0.4, 0.5) is 0 Å². The molecule has 74 valence electrons. The SMILES string of the molecule is N[C@@H](c1ccncc1C(=O)O)C1CC1. The highest BCUT2D eigenvalue weighted by molar-refractivity contribution is 5.89. The molecule has 1 saturated carbocycles. The van der Waals surface area contributed by atoms with E-state index in [1.54, 1.807) is 12.3 Å². The normalized spacial score (nSPS) is 17.8. The van der Waals surface area contributed by atoms with Crippen molar-refractivity contribution in [3.8, 4) is 0 Å². The first kappa shape index (κ1) is 9.15. The van der Waals surface area contributed by atoms with Crippen molar-refractivity contribution in [2.45, 2.75) is 18.9 Å². The van der Waals surface area contributed by atoms with Crippen molar-refractivity contribution in [1.82, 2.24) is 4.98 Å². The maximum atomic E-state index is 10.9. The molecule has 0 radical (unpaired) electrons. The maximum absolute atomic E-state index is 10.9. The number of carboxylic acid groups (broad SMARTS) is 1. The molecule has 1 aromatic heterocycles. The Balaban J connectivity index is 2.34. The molecule has 0 bridgehead atoms. The van der Waals surface area contributed by atoms with Crippen LogP contribution in [0.1, 0.15) is 34.8 Å². The van der Waals surface area contributed by atoms with Crippen LogP contribution in [0.2, 0.25) is 0 Å². The summed E-state index contributed by atoms with van der Waals surface area (Å²) in [7, 11) is 0. The Labute approximate surface area is 81.8 Å². The molecule has 4 heteroatoms. The lowest BCUT2D eigenvalue weighted by molar-refractivity contribution is 0.0694. The molecule has 1 aromatic rings. The van der Waals surface area contributed by atoms with E-state index in [4.69, 9.17) is 10.8 Å². The molecule has 1 aliphatic rings. The zero-order valence-electron chi connectivity index (χ0n) is 7.68. The van der Waals surface area contributed by atoms with E-state index >= 15 is 0 Å². The lowest BCUT2D eigenvalue weighted by Gasteiger charge is -2.12. The number of aromatic nitrogens is 1. The van der Waals surface area contributed by atoms with Crippen LogP contribution in [0, 0.1) is 5.92 Å². The second kappa shape index (κ2) is 3.38. The minimum Gasteiger partial charge on any atom is -0.478 e. The van der Waals surface area contributed by atoms with E-state index in [2.05, 4.69) is 4.98 Å². The van der Waals surface area contributed by atoms with Gasteiger partial charge in [-0.05, 0) is 30.4 Å². The predicted octanol–water partition coefficient (Wildman–Crippen LogP) is 1.19. The number of nitrogens with zero attached hydrogens (tertiary/aromatic N) is 1. The Morgan fingerprint density at radius 2 is 2.36 bits per heavy atom. The minimum atomic E-state index is -0.954. The number of aromatic carboxylic acids is 1. The van der Waals surface area contributed by atoms with E-state index in [1.165, 1.54) is 6.20 Å². The molecule has 0 aromatic carbocycles. The lowest BCUT2D eigenvalue weighted by Crippen LogP contribution is -2.16. The van der Waals surface area contributed by atoms with Crippen LogP contribution in [-0.4, -0.2) is 16.1 Å². The topological polar surface area (TPSA) is 76.2 Å². The molecule has 3 N–H and O–H groups in total. The summed E-state index contributed by atoms with van der Waals surface area (Å²) >= 11 is 0. The fourth-order valence-corrected chi connectivity index (χ4v) is 1.58. The van der Waals surface area contributed by atoms with Crippen molar-refractivity contribution in [2.75, 3.05) is 0 Å². The molecule has 0 spiro atoms. The summed E-state index contributed by atoms with van der Waals surface area (Å²) in [5.41, 5.74) is 6.88. The molecule has 1 fully saturated rings. The first-order valence-electron chi connectivity index (χ1n) is 4.63. The van der Waals surface area contributed by atoms with Crippen LogP contribution in [0.25, 0.3) is 0 Å². The monoisotopic (exact) mass is 192 g/mol. The van der Waals surface area contributed by atoms with Gasteiger partial charge in [-0.3, -0.25) is 4.98 Å². The van der Waals surface area contributed by atoms with Crippen LogP contribution in [0.3, 0.4) is 0 Å². The number of pyridine rings is 1. The van der Waals surface area contributed by atoms with Gasteiger partial charge in [-0.25, -0.2) is 4.79 Å². The number of rotatable bonds is 3. The van der Waals surface area contributed by atoms with Gasteiger partial charge in [0, 0.05) is 18.4 Å². The van der Waals surface area contributed by atoms with E-state index in [9.17, 15) is 4.79 Å². The first-order chi connectivity index (χ1) is 6.70. The smallest absolute Gasteiger partial charge is 0.337 e. The third kappa shape index (κ3) is 1.61. The molecule has 1 atom stereocenters. The van der Waals surface area contributed by atoms with Crippen LogP contribution < -0.4 is 5.73 Å². The Bertz CT molecular complexity index is 361. The van der Waals surface area contributed by atoms with E-state index in [0.717, 1.165) is 12.8 Å². The lowest BCUT2D eigenvalue weighted by atomic mass is 10.00. The zero-order chi connectivity index (χ0) is 10.1. The summed E-state index contributed by atoms with van der Waals surface area (Å²) in [5, 5.41) is 8.92. The molecular formula is C10H12N2O2. The summed E-state index contributed by atoms with van der Waals surface area (Å²) < 4.78 is 0. The molecule has 14 heavy (non-hydrogen) atoms. The second-order valence-electron chi connectivity index (χ2n) is 3.63. The van der Waals surface area contributed by atoms with Crippen molar-refractivity contribution >= 4 is 5.97 Å². The highest BCUT2D eigenvalue weighted by atomic mass is 16.4. The van der Waals surface area contributed by atoms with E-state index in [0.29, 0.717) is 11.5 Å². The van der Waals surface area contributed by atoms with Gasteiger partial charge in [-0.1, -0.05) is 0 Å². The van der Waals surface area contributed by atoms with Crippen LogP contribution >= 0.6 is 0 Å². The Morgan fingerprint density at radius 1 is 1.64 bits per heavy atom. The fraction of sp³-hybridized carbons (Fsp3) is 0.400. The Hall–Kier alpha value is -1.42. The maximum Gasteiger partial charge on any atom is 0.337 e. The Kier molecular flexibility index (Phi) is 2.21. The molecule has 1 aliphatic carbocycles. The number of nitrogens with two attached hydrogens (primary N) is 1. The Morgan fingerprint density at radius 3 is 2.93 bits per heavy atom. The third-order valence-corrected chi connectivity index (χ3v) is 2.57. The average molecular weight is 192 g/mol. The van der Waals surface area contributed by atoms with Gasteiger partial charge < -0.3 is 10.8 Å². The van der Waals surface area contributed by atoms with Crippen LogP contribution in [-0.2, 0) is 0 Å². The van der Waals surface area contributed by atoms with E-state index < -0.39 is 5.97 Å². The molecular weight excluding hydrogens is 180 g/mol. The molecule has 0 aliphatic heterocycles. The molecule has 0 saturated heterocycles.